The van der Waals surface area contributed by atoms with E-state index in [0.717, 1.165) is 21.5 Å². The topological polar surface area (TPSA) is 38.0 Å². The smallest absolute Gasteiger partial charge is 0.0500 e. The average molecular weight is 326 g/mol. The van der Waals surface area contributed by atoms with Gasteiger partial charge in [-0.3, -0.25) is 11.3 Å². The zero-order valence-electron chi connectivity index (χ0n) is 9.74. The molecule has 0 heterocycles. The summed E-state index contributed by atoms with van der Waals surface area (Å²) in [4.78, 5) is 0. The molecule has 2 rings (SSSR count). The molecule has 0 saturated heterocycles. The Labute approximate surface area is 120 Å². The van der Waals surface area contributed by atoms with Crippen LogP contribution in [0.4, 0.5) is 0 Å². The van der Waals surface area contributed by atoms with Gasteiger partial charge in [-0.25, -0.2) is 0 Å². The van der Waals surface area contributed by atoms with Gasteiger partial charge in [0, 0.05) is 9.50 Å². The molecule has 3 N–H and O–H groups in total. The van der Waals surface area contributed by atoms with Gasteiger partial charge in [-0.2, -0.15) is 0 Å². The van der Waals surface area contributed by atoms with Crippen molar-refractivity contribution in [1.29, 1.82) is 0 Å². The van der Waals surface area contributed by atoms with Gasteiger partial charge < -0.3 is 0 Å². The average Bonchev–Trinajstić information content (AvgIpc) is 2.38. The minimum atomic E-state index is 0.0601. The number of benzene rings is 2. The van der Waals surface area contributed by atoms with Crippen molar-refractivity contribution in [3.05, 3.63) is 69.2 Å². The van der Waals surface area contributed by atoms with Crippen LogP contribution in [0.3, 0.4) is 0 Å². The molecule has 0 aliphatic carbocycles. The summed E-state index contributed by atoms with van der Waals surface area (Å²) in [7, 11) is 0. The Morgan fingerprint density at radius 3 is 2.50 bits per heavy atom. The lowest BCUT2D eigenvalue weighted by atomic mass is 9.99. The number of hydrazine groups is 1. The number of hydrogen-bond donors (Lipinski definition) is 2. The fourth-order valence-corrected chi connectivity index (χ4v) is 2.32. The summed E-state index contributed by atoms with van der Waals surface area (Å²) < 4.78 is 1.08. The van der Waals surface area contributed by atoms with Gasteiger partial charge in [0.15, 0.2) is 0 Å². The van der Waals surface area contributed by atoms with Crippen molar-refractivity contribution < 1.29 is 0 Å². The maximum absolute atomic E-state index is 5.99. The van der Waals surface area contributed by atoms with Gasteiger partial charge in [-0.05, 0) is 41.8 Å². The Balaban J connectivity index is 2.17. The first-order valence-corrected chi connectivity index (χ1v) is 6.82. The molecule has 94 valence electrons. The first-order chi connectivity index (χ1) is 8.69. The molecule has 2 nitrogen and oxygen atoms in total. The van der Waals surface area contributed by atoms with Crippen molar-refractivity contribution in [3.8, 4) is 0 Å². The van der Waals surface area contributed by atoms with Crippen LogP contribution in [0.2, 0.25) is 5.02 Å². The summed E-state index contributed by atoms with van der Waals surface area (Å²) in [5.41, 5.74) is 5.15. The summed E-state index contributed by atoms with van der Waals surface area (Å²) in [5, 5.41) is 0.726. The molecule has 0 aliphatic rings. The summed E-state index contributed by atoms with van der Waals surface area (Å²) in [5.74, 6) is 5.63. The van der Waals surface area contributed by atoms with E-state index in [9.17, 15) is 0 Å². The first kappa shape index (κ1) is 13.6. The van der Waals surface area contributed by atoms with Gasteiger partial charge in [-0.1, -0.05) is 51.8 Å². The molecular weight excluding hydrogens is 312 g/mol. The normalized spacial score (nSPS) is 12.4. The van der Waals surface area contributed by atoms with E-state index in [1.54, 1.807) is 0 Å². The van der Waals surface area contributed by atoms with Crippen LogP contribution in [-0.4, -0.2) is 0 Å². The van der Waals surface area contributed by atoms with E-state index in [-0.39, 0.29) is 6.04 Å². The Bertz CT molecular complexity index is 513. The number of nitrogens with two attached hydrogens (primary N) is 1. The Kier molecular flexibility index (Phi) is 4.78. The molecule has 1 unspecified atom stereocenters. The quantitative estimate of drug-likeness (QED) is 0.662. The highest BCUT2D eigenvalue weighted by Gasteiger charge is 2.10. The third-order valence-electron chi connectivity index (χ3n) is 2.81. The second-order valence-corrected chi connectivity index (χ2v) is 5.46. The summed E-state index contributed by atoms with van der Waals surface area (Å²) in [6.07, 6.45) is 0.824. The standard InChI is InChI=1S/C14H14BrClN2/c15-12-6-4-10(5-7-12)8-14(18-17)11-2-1-3-13(16)9-11/h1-7,9,14,18H,8,17H2. The molecule has 0 radical (unpaired) electrons. The van der Waals surface area contributed by atoms with Crippen molar-refractivity contribution in [3.63, 3.8) is 0 Å². The van der Waals surface area contributed by atoms with E-state index < -0.39 is 0 Å². The van der Waals surface area contributed by atoms with Crippen LogP contribution in [0.25, 0.3) is 0 Å². The van der Waals surface area contributed by atoms with Crippen LogP contribution in [0, 0.1) is 0 Å². The fourth-order valence-electron chi connectivity index (χ4n) is 1.85. The van der Waals surface area contributed by atoms with Crippen LogP contribution in [0.15, 0.2) is 53.0 Å². The number of nitrogens with one attached hydrogen (secondary N) is 1. The van der Waals surface area contributed by atoms with Crippen LogP contribution in [-0.2, 0) is 6.42 Å². The minimum absolute atomic E-state index is 0.0601. The molecular formula is C14H14BrClN2. The maximum Gasteiger partial charge on any atom is 0.0500 e. The highest BCUT2D eigenvalue weighted by Crippen LogP contribution is 2.21. The van der Waals surface area contributed by atoms with Crippen molar-refractivity contribution >= 4 is 27.5 Å². The summed E-state index contributed by atoms with van der Waals surface area (Å²) in [6.45, 7) is 0. The third kappa shape index (κ3) is 3.56. The zero-order valence-corrected chi connectivity index (χ0v) is 12.1. The zero-order chi connectivity index (χ0) is 13.0. The van der Waals surface area contributed by atoms with E-state index in [2.05, 4.69) is 33.5 Å². The van der Waals surface area contributed by atoms with E-state index in [1.807, 2.05) is 36.4 Å². The molecule has 0 aliphatic heterocycles. The van der Waals surface area contributed by atoms with Gasteiger partial charge in [0.05, 0.1) is 6.04 Å². The minimum Gasteiger partial charge on any atom is -0.271 e. The van der Waals surface area contributed by atoms with Crippen molar-refractivity contribution in [1.82, 2.24) is 5.43 Å². The van der Waals surface area contributed by atoms with Gasteiger partial charge in [0.1, 0.15) is 0 Å². The van der Waals surface area contributed by atoms with Gasteiger partial charge in [0.2, 0.25) is 0 Å². The largest absolute Gasteiger partial charge is 0.271 e. The van der Waals surface area contributed by atoms with Crippen molar-refractivity contribution in [2.45, 2.75) is 12.5 Å². The van der Waals surface area contributed by atoms with E-state index in [1.165, 1.54) is 5.56 Å². The molecule has 0 fully saturated rings. The third-order valence-corrected chi connectivity index (χ3v) is 3.57. The number of hydrogen-bond acceptors (Lipinski definition) is 2. The Hall–Kier alpha value is -0.870. The van der Waals surface area contributed by atoms with Gasteiger partial charge in [-0.15, -0.1) is 0 Å². The summed E-state index contributed by atoms with van der Waals surface area (Å²) in [6, 6.07) is 16.0. The molecule has 0 saturated carbocycles. The van der Waals surface area contributed by atoms with Crippen molar-refractivity contribution in [2.24, 2.45) is 5.84 Å². The highest BCUT2D eigenvalue weighted by atomic mass is 79.9. The Morgan fingerprint density at radius 2 is 1.89 bits per heavy atom. The maximum atomic E-state index is 5.99. The molecule has 0 spiro atoms. The predicted molar refractivity (Wildman–Crippen MR) is 79.4 cm³/mol. The summed E-state index contributed by atoms with van der Waals surface area (Å²) >= 11 is 9.42. The number of halogens is 2. The SMILES string of the molecule is NNC(Cc1ccc(Br)cc1)c1cccc(Cl)c1. The molecule has 4 heteroatoms. The lowest BCUT2D eigenvalue weighted by Gasteiger charge is -2.16. The highest BCUT2D eigenvalue weighted by molar-refractivity contribution is 9.10. The first-order valence-electron chi connectivity index (χ1n) is 5.65. The van der Waals surface area contributed by atoms with Crippen LogP contribution in [0.5, 0.6) is 0 Å². The predicted octanol–water partition coefficient (Wildman–Crippen LogP) is 3.85. The lowest BCUT2D eigenvalue weighted by molar-refractivity contribution is 0.552. The van der Waals surface area contributed by atoms with Crippen LogP contribution >= 0.6 is 27.5 Å². The van der Waals surface area contributed by atoms with Gasteiger partial charge >= 0.3 is 0 Å². The van der Waals surface area contributed by atoms with Crippen LogP contribution < -0.4 is 11.3 Å². The van der Waals surface area contributed by atoms with E-state index in [0.29, 0.717) is 0 Å². The second kappa shape index (κ2) is 6.34. The molecule has 18 heavy (non-hydrogen) atoms. The monoisotopic (exact) mass is 324 g/mol. The van der Waals surface area contributed by atoms with Crippen molar-refractivity contribution in [2.75, 3.05) is 0 Å². The van der Waals surface area contributed by atoms with E-state index in [4.69, 9.17) is 17.4 Å². The second-order valence-electron chi connectivity index (χ2n) is 4.10. The molecule has 2 aromatic rings. The molecule has 0 bridgehead atoms. The van der Waals surface area contributed by atoms with E-state index >= 15 is 0 Å². The lowest BCUT2D eigenvalue weighted by Crippen LogP contribution is -2.29. The number of rotatable bonds is 4. The molecule has 2 aromatic carbocycles. The van der Waals surface area contributed by atoms with Gasteiger partial charge in [0.25, 0.3) is 0 Å². The van der Waals surface area contributed by atoms with Crippen LogP contribution in [0.1, 0.15) is 17.2 Å². The molecule has 1 atom stereocenters. The fraction of sp³-hybridized carbons (Fsp3) is 0.143. The molecule has 0 aromatic heterocycles. The Morgan fingerprint density at radius 1 is 1.17 bits per heavy atom. The molecule has 0 amide bonds.